The van der Waals surface area contributed by atoms with E-state index in [-0.39, 0.29) is 5.91 Å². The lowest BCUT2D eigenvalue weighted by Gasteiger charge is -2.01. The van der Waals surface area contributed by atoms with Gasteiger partial charge < -0.3 is 8.94 Å². The monoisotopic (exact) mass is 303 g/mol. The molecule has 0 spiro atoms. The van der Waals surface area contributed by atoms with E-state index in [1.165, 1.54) is 17.6 Å². The molecular weight excluding hydrogens is 290 g/mol. The van der Waals surface area contributed by atoms with Crippen LogP contribution >= 0.6 is 11.3 Å². The normalized spacial score (nSPS) is 10.8. The van der Waals surface area contributed by atoms with Gasteiger partial charge in [-0.05, 0) is 32.9 Å². The van der Waals surface area contributed by atoms with Gasteiger partial charge in [-0.3, -0.25) is 10.1 Å². The molecule has 0 bridgehead atoms. The standard InChI is InChI=1S/C14H13N3O3S/c1-7-9(3)21-14(15-7)16-13(18)11-8(2)20-17-12(11)10-5-4-6-19-10/h4-6H,1-3H3,(H,15,16,18). The molecule has 3 aromatic rings. The number of nitrogens with zero attached hydrogens (tertiary/aromatic N) is 2. The third kappa shape index (κ3) is 2.47. The van der Waals surface area contributed by atoms with E-state index in [1.807, 2.05) is 13.8 Å². The van der Waals surface area contributed by atoms with Gasteiger partial charge in [-0.1, -0.05) is 5.16 Å². The number of amides is 1. The van der Waals surface area contributed by atoms with Crippen molar-refractivity contribution < 1.29 is 13.7 Å². The van der Waals surface area contributed by atoms with Crippen molar-refractivity contribution in [1.29, 1.82) is 0 Å². The van der Waals surface area contributed by atoms with E-state index < -0.39 is 0 Å². The summed E-state index contributed by atoms with van der Waals surface area (Å²) in [7, 11) is 0. The Kier molecular flexibility index (Phi) is 3.34. The van der Waals surface area contributed by atoms with Crippen LogP contribution < -0.4 is 5.32 Å². The largest absolute Gasteiger partial charge is 0.463 e. The molecule has 0 aliphatic heterocycles. The lowest BCUT2D eigenvalue weighted by atomic mass is 10.1. The zero-order valence-corrected chi connectivity index (χ0v) is 12.6. The number of hydrogen-bond donors (Lipinski definition) is 1. The number of thiazole rings is 1. The van der Waals surface area contributed by atoms with Crippen molar-refractivity contribution in [3.63, 3.8) is 0 Å². The molecule has 0 aliphatic carbocycles. The highest BCUT2D eigenvalue weighted by atomic mass is 32.1. The molecule has 1 amide bonds. The van der Waals surface area contributed by atoms with Gasteiger partial charge in [0.15, 0.2) is 16.6 Å². The van der Waals surface area contributed by atoms with Crippen LogP contribution in [0.1, 0.15) is 26.7 Å². The fourth-order valence-electron chi connectivity index (χ4n) is 1.91. The number of furan rings is 1. The topological polar surface area (TPSA) is 81.2 Å². The highest BCUT2D eigenvalue weighted by Gasteiger charge is 2.24. The molecule has 0 atom stereocenters. The summed E-state index contributed by atoms with van der Waals surface area (Å²) in [6.07, 6.45) is 1.52. The summed E-state index contributed by atoms with van der Waals surface area (Å²) in [6.45, 7) is 5.55. The SMILES string of the molecule is Cc1nc(NC(=O)c2c(-c3ccco3)noc2C)sc1C. The maximum absolute atomic E-state index is 12.4. The van der Waals surface area contributed by atoms with Crippen molar-refractivity contribution >= 4 is 22.4 Å². The van der Waals surface area contributed by atoms with Crippen LogP contribution in [0.2, 0.25) is 0 Å². The Balaban J connectivity index is 1.93. The summed E-state index contributed by atoms with van der Waals surface area (Å²) in [4.78, 5) is 17.8. The number of nitrogens with one attached hydrogen (secondary N) is 1. The molecule has 6 nitrogen and oxygen atoms in total. The van der Waals surface area contributed by atoms with Gasteiger partial charge in [-0.15, -0.1) is 11.3 Å². The minimum Gasteiger partial charge on any atom is -0.463 e. The Morgan fingerprint density at radius 3 is 2.76 bits per heavy atom. The van der Waals surface area contributed by atoms with Crippen LogP contribution in [0.4, 0.5) is 5.13 Å². The smallest absolute Gasteiger partial charge is 0.263 e. The van der Waals surface area contributed by atoms with E-state index in [9.17, 15) is 4.79 Å². The highest BCUT2D eigenvalue weighted by Crippen LogP contribution is 2.27. The number of rotatable bonds is 3. The van der Waals surface area contributed by atoms with Crippen molar-refractivity contribution in [2.75, 3.05) is 5.32 Å². The molecule has 3 aromatic heterocycles. The van der Waals surface area contributed by atoms with Gasteiger partial charge in [0.05, 0.1) is 12.0 Å². The van der Waals surface area contributed by atoms with E-state index in [0.29, 0.717) is 27.9 Å². The van der Waals surface area contributed by atoms with Crippen molar-refractivity contribution in [3.8, 4) is 11.5 Å². The zero-order valence-electron chi connectivity index (χ0n) is 11.8. The van der Waals surface area contributed by atoms with Gasteiger partial charge in [0, 0.05) is 4.88 Å². The molecule has 3 rings (SSSR count). The number of anilines is 1. The van der Waals surface area contributed by atoms with Crippen molar-refractivity contribution in [2.24, 2.45) is 0 Å². The van der Waals surface area contributed by atoms with Crippen molar-refractivity contribution in [1.82, 2.24) is 10.1 Å². The van der Waals surface area contributed by atoms with Crippen molar-refractivity contribution in [3.05, 3.63) is 40.3 Å². The summed E-state index contributed by atoms with van der Waals surface area (Å²) in [5.41, 5.74) is 1.65. The van der Waals surface area contributed by atoms with Gasteiger partial charge in [0.25, 0.3) is 5.91 Å². The van der Waals surface area contributed by atoms with E-state index in [1.54, 1.807) is 19.1 Å². The molecular formula is C14H13N3O3S. The summed E-state index contributed by atoms with van der Waals surface area (Å²) in [5.74, 6) is 0.612. The van der Waals surface area contributed by atoms with Gasteiger partial charge in [-0.25, -0.2) is 4.98 Å². The first-order valence-corrected chi connectivity index (χ1v) is 7.13. The van der Waals surface area contributed by atoms with Crippen LogP contribution in [-0.4, -0.2) is 16.0 Å². The number of carbonyl (C=O) groups excluding carboxylic acids is 1. The Hall–Kier alpha value is -2.41. The lowest BCUT2D eigenvalue weighted by Crippen LogP contribution is -2.13. The van der Waals surface area contributed by atoms with Crippen LogP contribution in [0.3, 0.4) is 0 Å². The van der Waals surface area contributed by atoms with Crippen LogP contribution in [0.15, 0.2) is 27.3 Å². The molecule has 1 N–H and O–H groups in total. The molecule has 0 radical (unpaired) electrons. The second kappa shape index (κ2) is 5.17. The number of hydrogen-bond acceptors (Lipinski definition) is 6. The number of aryl methyl sites for hydroxylation is 3. The molecule has 7 heteroatoms. The molecule has 0 aliphatic rings. The number of carbonyl (C=O) groups is 1. The second-order valence-corrected chi connectivity index (χ2v) is 5.76. The fourth-order valence-corrected chi connectivity index (χ4v) is 2.72. The van der Waals surface area contributed by atoms with Crippen LogP contribution in [-0.2, 0) is 0 Å². The molecule has 0 unspecified atom stereocenters. The third-order valence-electron chi connectivity index (χ3n) is 3.09. The summed E-state index contributed by atoms with van der Waals surface area (Å²) < 4.78 is 10.4. The quantitative estimate of drug-likeness (QED) is 0.800. The minimum atomic E-state index is -0.311. The maximum Gasteiger partial charge on any atom is 0.263 e. The van der Waals surface area contributed by atoms with Gasteiger partial charge >= 0.3 is 0 Å². The maximum atomic E-state index is 12.4. The summed E-state index contributed by atoms with van der Waals surface area (Å²) >= 11 is 1.43. The van der Waals surface area contributed by atoms with Gasteiger partial charge in [0.2, 0.25) is 0 Å². The second-order valence-electron chi connectivity index (χ2n) is 4.55. The Morgan fingerprint density at radius 1 is 1.33 bits per heavy atom. The van der Waals surface area contributed by atoms with E-state index in [4.69, 9.17) is 8.94 Å². The van der Waals surface area contributed by atoms with E-state index in [0.717, 1.165) is 10.6 Å². The molecule has 0 saturated carbocycles. The van der Waals surface area contributed by atoms with Crippen LogP contribution in [0.25, 0.3) is 11.5 Å². The Bertz CT molecular complexity index is 767. The molecule has 3 heterocycles. The fraction of sp³-hybridized carbons (Fsp3) is 0.214. The first kappa shape index (κ1) is 13.6. The average molecular weight is 303 g/mol. The summed E-state index contributed by atoms with van der Waals surface area (Å²) in [6, 6.07) is 3.46. The molecule has 108 valence electrons. The molecule has 0 aromatic carbocycles. The van der Waals surface area contributed by atoms with Gasteiger partial charge in [-0.2, -0.15) is 0 Å². The molecule has 21 heavy (non-hydrogen) atoms. The minimum absolute atomic E-state index is 0.311. The Morgan fingerprint density at radius 2 is 2.14 bits per heavy atom. The van der Waals surface area contributed by atoms with E-state index in [2.05, 4.69) is 15.5 Å². The lowest BCUT2D eigenvalue weighted by molar-refractivity contribution is 0.102. The number of aromatic nitrogens is 2. The third-order valence-corrected chi connectivity index (χ3v) is 4.08. The predicted molar refractivity (Wildman–Crippen MR) is 78.5 cm³/mol. The molecule has 0 saturated heterocycles. The summed E-state index contributed by atoms with van der Waals surface area (Å²) in [5, 5.41) is 7.23. The Labute approximate surface area is 124 Å². The van der Waals surface area contributed by atoms with Crippen molar-refractivity contribution in [2.45, 2.75) is 20.8 Å². The molecule has 0 fully saturated rings. The van der Waals surface area contributed by atoms with E-state index >= 15 is 0 Å². The van der Waals surface area contributed by atoms with Gasteiger partial charge in [0.1, 0.15) is 11.3 Å². The van der Waals surface area contributed by atoms with Crippen LogP contribution in [0, 0.1) is 20.8 Å². The first-order valence-electron chi connectivity index (χ1n) is 6.32. The first-order chi connectivity index (χ1) is 10.1. The average Bonchev–Trinajstić information content (AvgIpc) is 3.11. The highest BCUT2D eigenvalue weighted by molar-refractivity contribution is 7.15. The zero-order chi connectivity index (χ0) is 15.0. The predicted octanol–water partition coefficient (Wildman–Crippen LogP) is 3.57. The van der Waals surface area contributed by atoms with Crippen LogP contribution in [0.5, 0.6) is 0 Å².